The number of hydrogen-bond donors (Lipinski definition) is 1. The first-order valence-electron chi connectivity index (χ1n) is 8.02. The van der Waals surface area contributed by atoms with E-state index >= 15 is 0 Å². The molecule has 2 N–H and O–H groups in total. The van der Waals surface area contributed by atoms with Gasteiger partial charge in [-0.25, -0.2) is 0 Å². The van der Waals surface area contributed by atoms with Crippen LogP contribution >= 0.6 is 11.8 Å². The predicted molar refractivity (Wildman–Crippen MR) is 83.0 cm³/mol. The lowest BCUT2D eigenvalue weighted by atomic mass is 9.74. The summed E-state index contributed by atoms with van der Waals surface area (Å²) in [6.45, 7) is 4.81. The molecule has 2 aliphatic carbocycles. The van der Waals surface area contributed by atoms with Gasteiger partial charge in [0.15, 0.2) is 0 Å². The molecule has 2 saturated carbocycles. The fourth-order valence-corrected chi connectivity index (χ4v) is 5.41. The Labute approximate surface area is 118 Å². The summed E-state index contributed by atoms with van der Waals surface area (Å²) in [4.78, 5) is 0. The van der Waals surface area contributed by atoms with Gasteiger partial charge in [0, 0.05) is 17.0 Å². The maximum Gasteiger partial charge on any atom is 0.0159 e. The second-order valence-electron chi connectivity index (χ2n) is 6.93. The maximum absolute atomic E-state index is 6.47. The highest BCUT2D eigenvalue weighted by atomic mass is 32.2. The summed E-state index contributed by atoms with van der Waals surface area (Å²) in [5.74, 6) is 3.78. The molecule has 0 aromatic rings. The number of thioether (sulfide) groups is 1. The zero-order valence-electron chi connectivity index (χ0n) is 12.2. The molecule has 0 radical (unpaired) electrons. The molecule has 2 aliphatic rings. The van der Waals surface area contributed by atoms with Gasteiger partial charge in [-0.05, 0) is 49.9 Å². The van der Waals surface area contributed by atoms with Crippen LogP contribution in [0.2, 0.25) is 0 Å². The van der Waals surface area contributed by atoms with E-state index in [1.165, 1.54) is 57.1 Å². The highest BCUT2D eigenvalue weighted by Gasteiger charge is 2.28. The number of nitrogens with two attached hydrogens (primary N) is 1. The largest absolute Gasteiger partial charge is 0.327 e. The smallest absolute Gasteiger partial charge is 0.0159 e. The Balaban J connectivity index is 1.71. The van der Waals surface area contributed by atoms with E-state index in [0.29, 0.717) is 6.04 Å². The van der Waals surface area contributed by atoms with Crippen LogP contribution in [0.15, 0.2) is 0 Å². The molecule has 2 rings (SSSR count). The molecule has 1 nitrogen and oxygen atoms in total. The lowest BCUT2D eigenvalue weighted by Gasteiger charge is -2.35. The van der Waals surface area contributed by atoms with E-state index < -0.39 is 0 Å². The molecule has 2 heteroatoms. The molecule has 0 aromatic heterocycles. The van der Waals surface area contributed by atoms with Crippen LogP contribution in [0.5, 0.6) is 0 Å². The van der Waals surface area contributed by atoms with Crippen LogP contribution in [0.3, 0.4) is 0 Å². The van der Waals surface area contributed by atoms with Gasteiger partial charge >= 0.3 is 0 Å². The monoisotopic (exact) mass is 269 g/mol. The molecule has 0 heterocycles. The molecule has 3 unspecified atom stereocenters. The van der Waals surface area contributed by atoms with Gasteiger partial charge in [-0.1, -0.05) is 33.1 Å². The standard InChI is InChI=1S/C16H31NS/c1-12-8-13(2)10-14(9-12)16(17)11-18-15-6-4-3-5-7-15/h12-16H,3-11,17H2,1-2H3. The fraction of sp³-hybridized carbons (Fsp3) is 1.00. The summed E-state index contributed by atoms with van der Waals surface area (Å²) in [5.41, 5.74) is 6.47. The Morgan fingerprint density at radius 2 is 1.61 bits per heavy atom. The minimum atomic E-state index is 0.446. The van der Waals surface area contributed by atoms with Crippen LogP contribution in [0, 0.1) is 17.8 Å². The first-order chi connectivity index (χ1) is 8.65. The van der Waals surface area contributed by atoms with Crippen LogP contribution in [0.25, 0.3) is 0 Å². The third-order valence-corrected chi connectivity index (χ3v) is 6.42. The van der Waals surface area contributed by atoms with Gasteiger partial charge in [-0.3, -0.25) is 0 Å². The van der Waals surface area contributed by atoms with Crippen molar-refractivity contribution < 1.29 is 0 Å². The van der Waals surface area contributed by atoms with Crippen LogP contribution < -0.4 is 5.73 Å². The van der Waals surface area contributed by atoms with Crippen molar-refractivity contribution in [2.24, 2.45) is 23.5 Å². The third-order valence-electron chi connectivity index (χ3n) is 4.90. The molecule has 18 heavy (non-hydrogen) atoms. The summed E-state index contributed by atoms with van der Waals surface area (Å²) in [5, 5.41) is 0.920. The lowest BCUT2D eigenvalue weighted by Crippen LogP contribution is -2.37. The highest BCUT2D eigenvalue weighted by molar-refractivity contribution is 7.99. The van der Waals surface area contributed by atoms with Crippen molar-refractivity contribution in [2.75, 3.05) is 5.75 Å². The second kappa shape index (κ2) is 7.19. The predicted octanol–water partition coefficient (Wildman–Crippen LogP) is 4.45. The van der Waals surface area contributed by atoms with Gasteiger partial charge in [-0.15, -0.1) is 0 Å². The van der Waals surface area contributed by atoms with Gasteiger partial charge < -0.3 is 5.73 Å². The zero-order valence-corrected chi connectivity index (χ0v) is 13.1. The average molecular weight is 269 g/mol. The summed E-state index contributed by atoms with van der Waals surface area (Å²) in [7, 11) is 0. The molecule has 0 amide bonds. The van der Waals surface area contributed by atoms with Crippen molar-refractivity contribution in [3.63, 3.8) is 0 Å². The van der Waals surface area contributed by atoms with Gasteiger partial charge in [0.1, 0.15) is 0 Å². The Bertz CT molecular complexity index is 227. The molecular weight excluding hydrogens is 238 g/mol. The van der Waals surface area contributed by atoms with Gasteiger partial charge in [0.05, 0.1) is 0 Å². The molecule has 0 bridgehead atoms. The van der Waals surface area contributed by atoms with Crippen molar-refractivity contribution in [1.82, 2.24) is 0 Å². The minimum Gasteiger partial charge on any atom is -0.327 e. The topological polar surface area (TPSA) is 26.0 Å². The Kier molecular flexibility index (Phi) is 5.88. The van der Waals surface area contributed by atoms with Crippen LogP contribution in [0.4, 0.5) is 0 Å². The van der Waals surface area contributed by atoms with Crippen molar-refractivity contribution in [3.8, 4) is 0 Å². The van der Waals surface area contributed by atoms with E-state index in [-0.39, 0.29) is 0 Å². The molecule has 0 aromatic carbocycles. The average Bonchev–Trinajstić information content (AvgIpc) is 2.36. The van der Waals surface area contributed by atoms with Gasteiger partial charge in [0.25, 0.3) is 0 Å². The molecular formula is C16H31NS. The summed E-state index contributed by atoms with van der Waals surface area (Å²) >= 11 is 2.18. The number of rotatable bonds is 4. The highest BCUT2D eigenvalue weighted by Crippen LogP contribution is 2.36. The van der Waals surface area contributed by atoms with E-state index in [2.05, 4.69) is 25.6 Å². The van der Waals surface area contributed by atoms with Crippen molar-refractivity contribution in [1.29, 1.82) is 0 Å². The van der Waals surface area contributed by atoms with E-state index in [4.69, 9.17) is 5.73 Å². The zero-order chi connectivity index (χ0) is 13.0. The van der Waals surface area contributed by atoms with Crippen LogP contribution in [-0.2, 0) is 0 Å². The molecule has 2 fully saturated rings. The third kappa shape index (κ3) is 4.45. The van der Waals surface area contributed by atoms with E-state index in [0.717, 1.165) is 23.0 Å². The van der Waals surface area contributed by atoms with Gasteiger partial charge in [-0.2, -0.15) is 11.8 Å². The summed E-state index contributed by atoms with van der Waals surface area (Å²) in [6, 6.07) is 0.446. The molecule has 0 saturated heterocycles. The number of hydrogen-bond acceptors (Lipinski definition) is 2. The SMILES string of the molecule is CC1CC(C)CC(C(N)CSC2CCCCC2)C1. The van der Waals surface area contributed by atoms with Crippen molar-refractivity contribution in [2.45, 2.75) is 76.5 Å². The molecule has 3 atom stereocenters. The fourth-order valence-electron chi connectivity index (χ4n) is 3.97. The van der Waals surface area contributed by atoms with E-state index in [1.54, 1.807) is 0 Å². The maximum atomic E-state index is 6.47. The first kappa shape index (κ1) is 14.7. The van der Waals surface area contributed by atoms with Crippen molar-refractivity contribution >= 4 is 11.8 Å². The minimum absolute atomic E-state index is 0.446. The summed E-state index contributed by atoms with van der Waals surface area (Å²) < 4.78 is 0. The molecule has 0 aliphatic heterocycles. The Morgan fingerprint density at radius 3 is 2.22 bits per heavy atom. The molecule has 106 valence electrons. The van der Waals surface area contributed by atoms with Gasteiger partial charge in [0.2, 0.25) is 0 Å². The van der Waals surface area contributed by atoms with Crippen LogP contribution in [0.1, 0.15) is 65.2 Å². The van der Waals surface area contributed by atoms with Crippen LogP contribution in [-0.4, -0.2) is 17.0 Å². The Morgan fingerprint density at radius 1 is 1.00 bits per heavy atom. The van der Waals surface area contributed by atoms with E-state index in [1.807, 2.05) is 0 Å². The second-order valence-corrected chi connectivity index (χ2v) is 8.27. The quantitative estimate of drug-likeness (QED) is 0.816. The molecule has 0 spiro atoms. The summed E-state index contributed by atoms with van der Waals surface area (Å²) in [6.07, 6.45) is 11.4. The first-order valence-corrected chi connectivity index (χ1v) is 9.07. The van der Waals surface area contributed by atoms with E-state index in [9.17, 15) is 0 Å². The lowest BCUT2D eigenvalue weighted by molar-refractivity contribution is 0.200. The normalized spacial score (nSPS) is 36.5. The Hall–Kier alpha value is 0.310. The van der Waals surface area contributed by atoms with Crippen molar-refractivity contribution in [3.05, 3.63) is 0 Å².